The molecule has 0 amide bonds. The van der Waals surface area contributed by atoms with E-state index in [9.17, 15) is 0 Å². The molecule has 1 aliphatic carbocycles. The smallest absolute Gasteiger partial charge is 0.0703 e. The van der Waals surface area contributed by atoms with Crippen molar-refractivity contribution in [3.63, 3.8) is 0 Å². The Labute approximate surface area is 227 Å². The van der Waals surface area contributed by atoms with Crippen molar-refractivity contribution < 1.29 is 50.7 Å². The number of halogens is 2. The third kappa shape index (κ3) is 5.09. The SMILES string of the molecule is C[Si](C)c1c(C(C)(C)C)cc2c([cH-]c3c(C(C)(C)C)cccc32)c1C1=CC=CC1.[Cl-].[Cl-].[Hf]. The Bertz CT molecular complexity index is 1170. The van der Waals surface area contributed by atoms with Crippen LogP contribution in [0.2, 0.25) is 13.1 Å². The molecule has 0 bridgehead atoms. The van der Waals surface area contributed by atoms with Crippen LogP contribution in [0.25, 0.3) is 27.1 Å². The number of benzene rings is 2. The summed E-state index contributed by atoms with van der Waals surface area (Å²) in [5.74, 6) is 0. The second kappa shape index (κ2) is 10.4. The van der Waals surface area contributed by atoms with Gasteiger partial charge in [0.1, 0.15) is 0 Å². The minimum absolute atomic E-state index is 0. The molecule has 0 nitrogen and oxygen atoms in total. The molecule has 4 heteroatoms. The standard InChI is InChI=1S/C28H34Si.2ClH.Hf/c1-27(2,3)23-15-11-14-19-20-17-24(28(4,5)6)26(29(7)8)25(18-12-9-10-13-18)22(20)16-21(19)23;;;/h9-12,14-17H,13H2,1-8H3;2*1H;/q-1;;;/p-2. The summed E-state index contributed by atoms with van der Waals surface area (Å²) in [6.45, 7) is 19.0. The van der Waals surface area contributed by atoms with Gasteiger partial charge in [-0.25, -0.2) is 0 Å². The molecule has 0 atom stereocenters. The van der Waals surface area contributed by atoms with Gasteiger partial charge in [-0.3, -0.25) is 0 Å². The maximum absolute atomic E-state index is 2.53. The van der Waals surface area contributed by atoms with E-state index in [1.807, 2.05) is 0 Å². The third-order valence-electron chi connectivity index (χ3n) is 6.26. The van der Waals surface area contributed by atoms with Crippen LogP contribution in [0.3, 0.4) is 0 Å². The summed E-state index contributed by atoms with van der Waals surface area (Å²) < 4.78 is 0. The van der Waals surface area contributed by atoms with Gasteiger partial charge in [-0.05, 0) is 17.3 Å². The molecule has 0 spiro atoms. The average Bonchev–Trinajstić information content (AvgIpc) is 3.25. The van der Waals surface area contributed by atoms with Gasteiger partial charge in [0.25, 0.3) is 0 Å². The predicted molar refractivity (Wildman–Crippen MR) is 133 cm³/mol. The van der Waals surface area contributed by atoms with Crippen LogP contribution in [-0.4, -0.2) is 8.80 Å². The summed E-state index contributed by atoms with van der Waals surface area (Å²) in [5.41, 5.74) is 6.30. The number of fused-ring (bicyclic) bond motifs is 3. The summed E-state index contributed by atoms with van der Waals surface area (Å²) in [6.07, 6.45) is 7.93. The Hall–Kier alpha value is -0.543. The number of hydrogen-bond acceptors (Lipinski definition) is 0. The fourth-order valence-electron chi connectivity index (χ4n) is 4.90. The van der Waals surface area contributed by atoms with E-state index in [1.54, 1.807) is 10.8 Å². The van der Waals surface area contributed by atoms with Crippen molar-refractivity contribution in [2.24, 2.45) is 0 Å². The van der Waals surface area contributed by atoms with Crippen LogP contribution in [0, 0.1) is 0 Å². The average molecular weight is 648 g/mol. The number of hydrogen-bond donors (Lipinski definition) is 0. The molecule has 0 saturated heterocycles. The van der Waals surface area contributed by atoms with E-state index in [-0.39, 0.29) is 61.5 Å². The van der Waals surface area contributed by atoms with Gasteiger partial charge in [0.15, 0.2) is 0 Å². The van der Waals surface area contributed by atoms with E-state index in [1.165, 1.54) is 38.2 Å². The molecule has 0 aliphatic heterocycles. The normalized spacial score (nSPS) is 13.7. The Morgan fingerprint density at radius 1 is 0.844 bits per heavy atom. The number of allylic oxidation sites excluding steroid dienone is 4. The minimum atomic E-state index is -0.625. The van der Waals surface area contributed by atoms with Gasteiger partial charge in [0, 0.05) is 25.8 Å². The number of rotatable bonds is 2. The van der Waals surface area contributed by atoms with Crippen LogP contribution in [-0.2, 0) is 36.7 Å². The van der Waals surface area contributed by atoms with Crippen molar-refractivity contribution in [2.45, 2.75) is 71.9 Å². The molecule has 0 fully saturated rings. The van der Waals surface area contributed by atoms with E-state index in [2.05, 4.69) is 103 Å². The molecule has 4 rings (SSSR count). The van der Waals surface area contributed by atoms with Gasteiger partial charge in [-0.15, -0.1) is 27.6 Å². The first-order valence-electron chi connectivity index (χ1n) is 10.9. The van der Waals surface area contributed by atoms with Gasteiger partial charge >= 0.3 is 0 Å². The van der Waals surface area contributed by atoms with E-state index in [4.69, 9.17) is 0 Å². The van der Waals surface area contributed by atoms with Crippen molar-refractivity contribution in [2.75, 3.05) is 0 Å². The molecule has 3 aromatic rings. The Morgan fingerprint density at radius 3 is 1.97 bits per heavy atom. The maximum atomic E-state index is 2.53. The second-order valence-corrected chi connectivity index (χ2v) is 13.4. The zero-order chi connectivity index (χ0) is 21.1. The molecule has 32 heavy (non-hydrogen) atoms. The molecule has 171 valence electrons. The van der Waals surface area contributed by atoms with E-state index in [0.29, 0.717) is 0 Å². The first-order valence-corrected chi connectivity index (χ1v) is 13.4. The molecule has 1 aliphatic rings. The summed E-state index contributed by atoms with van der Waals surface area (Å²) in [6, 6.07) is 11.9. The zero-order valence-corrected chi connectivity index (χ0v) is 26.7. The minimum Gasteiger partial charge on any atom is -1.00 e. The van der Waals surface area contributed by atoms with Gasteiger partial charge in [0.05, 0.1) is 8.80 Å². The molecule has 0 unspecified atom stereocenters. The Morgan fingerprint density at radius 2 is 1.47 bits per heavy atom. The van der Waals surface area contributed by atoms with E-state index < -0.39 is 8.80 Å². The first-order chi connectivity index (χ1) is 13.5. The topological polar surface area (TPSA) is 0 Å². The third-order valence-corrected chi connectivity index (χ3v) is 7.78. The van der Waals surface area contributed by atoms with Crippen LogP contribution in [0.4, 0.5) is 0 Å². The van der Waals surface area contributed by atoms with Crippen molar-refractivity contribution in [3.05, 3.63) is 65.3 Å². The maximum Gasteiger partial charge on any atom is 0.0703 e. The summed E-state index contributed by atoms with van der Waals surface area (Å²) in [7, 11) is -0.625. The molecule has 1 radical (unpaired) electrons. The molecular formula is C28H34Cl2HfSi-3. The van der Waals surface area contributed by atoms with Gasteiger partial charge in [0.2, 0.25) is 0 Å². The Balaban J connectivity index is 0.00000171. The van der Waals surface area contributed by atoms with Crippen LogP contribution in [0.5, 0.6) is 0 Å². The predicted octanol–water partition coefficient (Wildman–Crippen LogP) is 1.62. The van der Waals surface area contributed by atoms with E-state index in [0.717, 1.165) is 6.42 Å². The van der Waals surface area contributed by atoms with Gasteiger partial charge in [-0.2, -0.15) is 0 Å². The molecule has 3 aromatic carbocycles. The fraction of sp³-hybridized carbons (Fsp3) is 0.393. The quantitative estimate of drug-likeness (QED) is 0.293. The molecular weight excluding hydrogens is 614 g/mol. The molecule has 0 saturated carbocycles. The molecule has 0 N–H and O–H groups in total. The fourth-order valence-corrected chi connectivity index (χ4v) is 6.68. The molecule has 0 aromatic heterocycles. The summed E-state index contributed by atoms with van der Waals surface area (Å²) in [4.78, 5) is 0. The van der Waals surface area contributed by atoms with E-state index >= 15 is 0 Å². The van der Waals surface area contributed by atoms with Crippen molar-refractivity contribution in [1.82, 2.24) is 0 Å². The second-order valence-electron chi connectivity index (χ2n) is 10.9. The van der Waals surface area contributed by atoms with Crippen LogP contribution in [0.1, 0.15) is 64.7 Å². The van der Waals surface area contributed by atoms with Gasteiger partial charge in [-0.1, -0.05) is 125 Å². The monoisotopic (exact) mass is 648 g/mol. The first kappa shape index (κ1) is 29.5. The zero-order valence-electron chi connectivity index (χ0n) is 20.6. The van der Waals surface area contributed by atoms with Gasteiger partial charge < -0.3 is 24.8 Å². The van der Waals surface area contributed by atoms with Crippen molar-refractivity contribution in [1.29, 1.82) is 0 Å². The van der Waals surface area contributed by atoms with Crippen molar-refractivity contribution >= 4 is 41.1 Å². The van der Waals surface area contributed by atoms with Crippen LogP contribution >= 0.6 is 0 Å². The largest absolute Gasteiger partial charge is 1.00 e. The van der Waals surface area contributed by atoms with Crippen molar-refractivity contribution in [3.8, 4) is 0 Å². The summed E-state index contributed by atoms with van der Waals surface area (Å²) >= 11 is 0. The van der Waals surface area contributed by atoms with Crippen LogP contribution < -0.4 is 30.0 Å². The summed E-state index contributed by atoms with van der Waals surface area (Å²) in [5, 5.41) is 7.38. The van der Waals surface area contributed by atoms with Crippen LogP contribution in [0.15, 0.2) is 48.6 Å². The molecule has 0 heterocycles. The Kier molecular flexibility index (Phi) is 9.57.